The van der Waals surface area contributed by atoms with E-state index in [4.69, 9.17) is 20.3 Å². The van der Waals surface area contributed by atoms with Crippen molar-refractivity contribution in [2.24, 2.45) is 0 Å². The van der Waals surface area contributed by atoms with Crippen LogP contribution in [0.2, 0.25) is 0 Å². The molecule has 1 fully saturated rings. The van der Waals surface area contributed by atoms with Crippen LogP contribution in [-0.2, 0) is 13.8 Å². The Morgan fingerprint density at radius 1 is 1.57 bits per heavy atom. The Balaban J connectivity index is 1.84. The van der Waals surface area contributed by atoms with Crippen LogP contribution >= 0.6 is 7.82 Å². The SMILES string of the molecule is Nc1nc2c(ncn2[C@H]2C[C@@H](O)C(COP(=O)(O)O)O2)c(=O)[nH]1. The van der Waals surface area contributed by atoms with Gasteiger partial charge in [0.1, 0.15) is 12.3 Å². The number of imidazole rings is 1. The molecule has 2 aromatic rings. The van der Waals surface area contributed by atoms with E-state index in [1.54, 1.807) is 0 Å². The van der Waals surface area contributed by atoms with Gasteiger partial charge in [0, 0.05) is 6.42 Å². The largest absolute Gasteiger partial charge is 0.469 e. The summed E-state index contributed by atoms with van der Waals surface area (Å²) in [6.45, 7) is -0.481. The Morgan fingerprint density at radius 3 is 3.00 bits per heavy atom. The van der Waals surface area contributed by atoms with Gasteiger partial charge in [-0.3, -0.25) is 18.9 Å². The molecule has 1 unspecified atom stereocenters. The third kappa shape index (κ3) is 3.27. The molecule has 0 saturated carbocycles. The monoisotopic (exact) mass is 347 g/mol. The maximum atomic E-state index is 11.7. The molecule has 0 aliphatic carbocycles. The third-order valence-corrected chi connectivity index (χ3v) is 3.86. The topological polar surface area (TPSA) is 186 Å². The number of rotatable bonds is 4. The predicted molar refractivity (Wildman–Crippen MR) is 75.1 cm³/mol. The number of aliphatic hydroxyl groups excluding tert-OH is 1. The van der Waals surface area contributed by atoms with Crippen LogP contribution in [0.1, 0.15) is 12.6 Å². The number of hydrogen-bond acceptors (Lipinski definition) is 8. The number of nitrogens with one attached hydrogen (secondary N) is 1. The average molecular weight is 347 g/mol. The summed E-state index contributed by atoms with van der Waals surface area (Å²) in [5.74, 6) is -0.0934. The van der Waals surface area contributed by atoms with Crippen LogP contribution in [0.25, 0.3) is 11.2 Å². The van der Waals surface area contributed by atoms with Crippen molar-refractivity contribution in [2.75, 3.05) is 12.3 Å². The van der Waals surface area contributed by atoms with Gasteiger partial charge in [-0.25, -0.2) is 9.55 Å². The molecule has 6 N–H and O–H groups in total. The number of ether oxygens (including phenoxy) is 1. The minimum absolute atomic E-state index is 0.0622. The van der Waals surface area contributed by atoms with Gasteiger partial charge in [0.05, 0.1) is 19.0 Å². The van der Waals surface area contributed by atoms with Crippen LogP contribution in [0.3, 0.4) is 0 Å². The summed E-state index contributed by atoms with van der Waals surface area (Å²) in [4.78, 5) is 39.3. The van der Waals surface area contributed by atoms with Crippen LogP contribution in [0.4, 0.5) is 5.95 Å². The second kappa shape index (κ2) is 5.67. The highest BCUT2D eigenvalue weighted by Gasteiger charge is 2.37. The number of hydrogen-bond donors (Lipinski definition) is 5. The Kier molecular flexibility index (Phi) is 3.96. The summed E-state index contributed by atoms with van der Waals surface area (Å²) in [7, 11) is -4.66. The number of fused-ring (bicyclic) bond motifs is 1. The molecule has 0 bridgehead atoms. The summed E-state index contributed by atoms with van der Waals surface area (Å²) in [5, 5.41) is 9.93. The fourth-order valence-corrected chi connectivity index (χ4v) is 2.70. The summed E-state index contributed by atoms with van der Waals surface area (Å²) in [6, 6.07) is 0. The first kappa shape index (κ1) is 16.1. The van der Waals surface area contributed by atoms with E-state index < -0.39 is 38.4 Å². The molecule has 0 aromatic carbocycles. The molecule has 23 heavy (non-hydrogen) atoms. The number of anilines is 1. The lowest BCUT2D eigenvalue weighted by Crippen LogP contribution is -2.25. The molecule has 0 spiro atoms. The van der Waals surface area contributed by atoms with Gasteiger partial charge >= 0.3 is 7.82 Å². The summed E-state index contributed by atoms with van der Waals surface area (Å²) >= 11 is 0. The zero-order chi connectivity index (χ0) is 16.8. The van der Waals surface area contributed by atoms with Gasteiger partial charge in [-0.2, -0.15) is 4.98 Å². The standard InChI is InChI=1S/C10H14N5O7P/c11-10-13-8-7(9(17)14-10)12-3-15(8)6-1-4(16)5(22-6)2-21-23(18,19)20/h3-6,16H,1-2H2,(H2,18,19,20)(H3,11,13,14,17)/t4-,5?,6-/m1/s1. The number of H-pyrrole nitrogens is 1. The molecule has 126 valence electrons. The second-order valence-corrected chi connectivity index (χ2v) is 6.23. The second-order valence-electron chi connectivity index (χ2n) is 4.99. The van der Waals surface area contributed by atoms with E-state index in [1.807, 2.05) is 0 Å². The lowest BCUT2D eigenvalue weighted by Gasteiger charge is -2.16. The number of aromatic nitrogens is 4. The molecule has 0 amide bonds. The van der Waals surface area contributed by atoms with Crippen LogP contribution < -0.4 is 11.3 Å². The predicted octanol–water partition coefficient (Wildman–Crippen LogP) is -1.54. The molecule has 3 rings (SSSR count). The summed E-state index contributed by atoms with van der Waals surface area (Å²) in [5.41, 5.74) is 5.23. The highest BCUT2D eigenvalue weighted by molar-refractivity contribution is 7.46. The van der Waals surface area contributed by atoms with Crippen LogP contribution in [-0.4, -0.2) is 53.2 Å². The first-order valence-corrected chi connectivity index (χ1v) is 8.03. The molecular formula is C10H14N5O7P. The van der Waals surface area contributed by atoms with Crippen molar-refractivity contribution in [1.82, 2.24) is 19.5 Å². The number of phosphoric acid groups is 1. The lowest BCUT2D eigenvalue weighted by molar-refractivity contribution is -0.0424. The van der Waals surface area contributed by atoms with E-state index in [2.05, 4.69) is 19.5 Å². The molecular weight excluding hydrogens is 333 g/mol. The number of nitrogens with zero attached hydrogens (tertiary/aromatic N) is 3. The summed E-state index contributed by atoms with van der Waals surface area (Å²) in [6.07, 6.45) is -1.26. The third-order valence-electron chi connectivity index (χ3n) is 3.37. The zero-order valence-corrected chi connectivity index (χ0v) is 12.5. The van der Waals surface area contributed by atoms with Gasteiger partial charge in [-0.15, -0.1) is 0 Å². The van der Waals surface area contributed by atoms with E-state index >= 15 is 0 Å². The molecule has 2 aromatic heterocycles. The Bertz CT molecular complexity index is 829. The Hall–Kier alpha value is -1.82. The number of nitrogen functional groups attached to an aromatic ring is 1. The van der Waals surface area contributed by atoms with Gasteiger partial charge < -0.3 is 25.4 Å². The molecule has 1 aliphatic rings. The first-order valence-electron chi connectivity index (χ1n) is 6.50. The minimum atomic E-state index is -4.66. The lowest BCUT2D eigenvalue weighted by atomic mass is 10.2. The van der Waals surface area contributed by atoms with Crippen LogP contribution in [0.5, 0.6) is 0 Å². The van der Waals surface area contributed by atoms with Crippen molar-refractivity contribution in [3.63, 3.8) is 0 Å². The van der Waals surface area contributed by atoms with Crippen LogP contribution in [0.15, 0.2) is 11.1 Å². The van der Waals surface area contributed by atoms with Gasteiger partial charge in [0.25, 0.3) is 5.56 Å². The molecule has 0 radical (unpaired) electrons. The molecule has 13 heteroatoms. The van der Waals surface area contributed by atoms with Gasteiger partial charge in [0.2, 0.25) is 5.95 Å². The smallest absolute Gasteiger partial charge is 0.390 e. The van der Waals surface area contributed by atoms with Crippen molar-refractivity contribution in [1.29, 1.82) is 0 Å². The fraction of sp³-hybridized carbons (Fsp3) is 0.500. The molecule has 1 aliphatic heterocycles. The number of aromatic amines is 1. The maximum absolute atomic E-state index is 11.7. The average Bonchev–Trinajstić information content (AvgIpc) is 2.99. The maximum Gasteiger partial charge on any atom is 0.469 e. The molecule has 3 atom stereocenters. The number of aliphatic hydroxyl groups is 1. The van der Waals surface area contributed by atoms with E-state index in [-0.39, 0.29) is 23.5 Å². The van der Waals surface area contributed by atoms with Crippen LogP contribution in [0, 0.1) is 0 Å². The van der Waals surface area contributed by atoms with Crippen molar-refractivity contribution >= 4 is 24.9 Å². The number of nitrogens with two attached hydrogens (primary N) is 1. The normalized spacial score (nSPS) is 25.3. The van der Waals surface area contributed by atoms with E-state index in [1.165, 1.54) is 10.9 Å². The van der Waals surface area contributed by atoms with Crippen molar-refractivity contribution in [2.45, 2.75) is 24.9 Å². The van der Waals surface area contributed by atoms with Gasteiger partial charge in [-0.1, -0.05) is 0 Å². The zero-order valence-electron chi connectivity index (χ0n) is 11.6. The highest BCUT2D eigenvalue weighted by atomic mass is 31.2. The quantitative estimate of drug-likeness (QED) is 0.406. The Morgan fingerprint density at radius 2 is 2.30 bits per heavy atom. The highest BCUT2D eigenvalue weighted by Crippen LogP contribution is 2.38. The van der Waals surface area contributed by atoms with Gasteiger partial charge in [-0.05, 0) is 0 Å². The minimum Gasteiger partial charge on any atom is -0.390 e. The molecule has 12 nitrogen and oxygen atoms in total. The van der Waals surface area contributed by atoms with Crippen molar-refractivity contribution in [3.05, 3.63) is 16.7 Å². The Labute approximate surface area is 128 Å². The van der Waals surface area contributed by atoms with Gasteiger partial charge in [0.15, 0.2) is 11.2 Å². The first-order chi connectivity index (χ1) is 10.7. The molecule has 1 saturated heterocycles. The van der Waals surface area contributed by atoms with Crippen molar-refractivity contribution in [3.8, 4) is 0 Å². The van der Waals surface area contributed by atoms with E-state index in [9.17, 15) is 14.5 Å². The fourth-order valence-electron chi connectivity index (χ4n) is 2.36. The number of phosphoric ester groups is 1. The van der Waals surface area contributed by atoms with E-state index in [0.29, 0.717) is 0 Å². The van der Waals surface area contributed by atoms with Crippen molar-refractivity contribution < 1.29 is 28.7 Å². The molecule has 3 heterocycles. The summed E-state index contributed by atoms with van der Waals surface area (Å²) < 4.78 is 22.0. The van der Waals surface area contributed by atoms with E-state index in [0.717, 1.165) is 0 Å².